The van der Waals surface area contributed by atoms with Crippen LogP contribution >= 0.6 is 11.6 Å². The van der Waals surface area contributed by atoms with Crippen molar-refractivity contribution in [3.63, 3.8) is 0 Å². The molecule has 2 N–H and O–H groups in total. The Bertz CT molecular complexity index is 649. The number of anilines is 1. The van der Waals surface area contributed by atoms with Gasteiger partial charge in [0.25, 0.3) is 0 Å². The summed E-state index contributed by atoms with van der Waals surface area (Å²) in [4.78, 5) is 15.7. The van der Waals surface area contributed by atoms with Crippen molar-refractivity contribution in [1.82, 2.24) is 9.55 Å². The van der Waals surface area contributed by atoms with Crippen molar-refractivity contribution >= 4 is 17.3 Å². The van der Waals surface area contributed by atoms with Gasteiger partial charge in [0.15, 0.2) is 0 Å². The second kappa shape index (κ2) is 4.82. The lowest BCUT2D eigenvalue weighted by Crippen LogP contribution is -2.26. The summed E-state index contributed by atoms with van der Waals surface area (Å²) in [5.41, 5.74) is 8.53. The third-order valence-corrected chi connectivity index (χ3v) is 3.09. The van der Waals surface area contributed by atoms with E-state index in [1.807, 2.05) is 19.1 Å². The summed E-state index contributed by atoms with van der Waals surface area (Å²) in [6, 6.07) is 7.23. The van der Waals surface area contributed by atoms with E-state index in [9.17, 15) is 4.79 Å². The van der Waals surface area contributed by atoms with Gasteiger partial charge in [0, 0.05) is 11.4 Å². The minimum Gasteiger partial charge on any atom is -0.398 e. The molecule has 0 amide bonds. The molecule has 2 aromatic rings. The Hall–Kier alpha value is -1.81. The Morgan fingerprint density at radius 1 is 1.33 bits per heavy atom. The van der Waals surface area contributed by atoms with Crippen molar-refractivity contribution in [2.45, 2.75) is 20.4 Å². The zero-order valence-electron chi connectivity index (χ0n) is 10.3. The molecule has 1 aromatic heterocycles. The first-order chi connectivity index (χ1) is 8.47. The second-order valence-corrected chi connectivity index (χ2v) is 4.67. The second-order valence-electron chi connectivity index (χ2n) is 4.26. The van der Waals surface area contributed by atoms with Crippen molar-refractivity contribution in [3.8, 4) is 0 Å². The van der Waals surface area contributed by atoms with Crippen LogP contribution in [0.2, 0.25) is 5.02 Å². The average Bonchev–Trinajstić information content (AvgIpc) is 2.28. The first-order valence-electron chi connectivity index (χ1n) is 5.56. The van der Waals surface area contributed by atoms with Gasteiger partial charge in [-0.2, -0.15) is 4.98 Å². The standard InChI is InChI=1S/C13H14ClN3O/c1-8-5-9(2)17(13(18)16-8)7-10-3-4-11(14)12(15)6-10/h3-6H,7,15H2,1-2H3. The maximum atomic E-state index is 11.8. The topological polar surface area (TPSA) is 60.9 Å². The van der Waals surface area contributed by atoms with Crippen LogP contribution in [-0.4, -0.2) is 9.55 Å². The zero-order valence-corrected chi connectivity index (χ0v) is 11.0. The van der Waals surface area contributed by atoms with Crippen LogP contribution < -0.4 is 11.4 Å². The molecule has 0 aliphatic heterocycles. The zero-order chi connectivity index (χ0) is 13.3. The average molecular weight is 264 g/mol. The molecule has 94 valence electrons. The molecule has 0 aliphatic carbocycles. The van der Waals surface area contributed by atoms with Gasteiger partial charge in [0.2, 0.25) is 0 Å². The highest BCUT2D eigenvalue weighted by Gasteiger charge is 2.05. The predicted octanol–water partition coefficient (Wildman–Crippen LogP) is 2.14. The molecule has 4 nitrogen and oxygen atoms in total. The third-order valence-electron chi connectivity index (χ3n) is 2.75. The Kier molecular flexibility index (Phi) is 3.39. The fraction of sp³-hybridized carbons (Fsp3) is 0.231. The molecule has 0 fully saturated rings. The van der Waals surface area contributed by atoms with Crippen LogP contribution in [0.5, 0.6) is 0 Å². The predicted molar refractivity (Wildman–Crippen MR) is 72.9 cm³/mol. The smallest absolute Gasteiger partial charge is 0.348 e. The molecule has 0 bridgehead atoms. The molecule has 0 aliphatic rings. The van der Waals surface area contributed by atoms with Gasteiger partial charge in [-0.3, -0.25) is 4.57 Å². The van der Waals surface area contributed by atoms with E-state index in [1.54, 1.807) is 23.6 Å². The molecule has 2 rings (SSSR count). The van der Waals surface area contributed by atoms with Gasteiger partial charge < -0.3 is 5.73 Å². The van der Waals surface area contributed by atoms with Crippen LogP contribution in [-0.2, 0) is 6.54 Å². The van der Waals surface area contributed by atoms with Crippen molar-refractivity contribution in [3.05, 3.63) is 56.7 Å². The lowest BCUT2D eigenvalue weighted by molar-refractivity contribution is 0.694. The first kappa shape index (κ1) is 12.6. The van der Waals surface area contributed by atoms with Crippen molar-refractivity contribution in [2.75, 3.05) is 5.73 Å². The largest absolute Gasteiger partial charge is 0.398 e. The van der Waals surface area contributed by atoms with Gasteiger partial charge >= 0.3 is 5.69 Å². The van der Waals surface area contributed by atoms with Gasteiger partial charge in [-0.15, -0.1) is 0 Å². The molecule has 0 unspecified atom stereocenters. The maximum Gasteiger partial charge on any atom is 0.348 e. The number of nitrogen functional groups attached to an aromatic ring is 1. The molecule has 0 spiro atoms. The van der Waals surface area contributed by atoms with Crippen molar-refractivity contribution < 1.29 is 0 Å². The van der Waals surface area contributed by atoms with Crippen LogP contribution in [0.15, 0.2) is 29.1 Å². The number of rotatable bonds is 2. The normalized spacial score (nSPS) is 10.6. The summed E-state index contributed by atoms with van der Waals surface area (Å²) in [5.74, 6) is 0. The van der Waals surface area contributed by atoms with Crippen LogP contribution in [0.1, 0.15) is 17.0 Å². The van der Waals surface area contributed by atoms with E-state index in [0.29, 0.717) is 17.3 Å². The summed E-state index contributed by atoms with van der Waals surface area (Å²) in [7, 11) is 0. The number of benzene rings is 1. The summed E-state index contributed by atoms with van der Waals surface area (Å²) in [6.45, 7) is 4.13. The van der Waals surface area contributed by atoms with E-state index < -0.39 is 0 Å². The Morgan fingerprint density at radius 2 is 2.06 bits per heavy atom. The Balaban J connectivity index is 2.40. The Labute approximate surface area is 110 Å². The van der Waals surface area contributed by atoms with Gasteiger partial charge in [-0.1, -0.05) is 17.7 Å². The summed E-state index contributed by atoms with van der Waals surface area (Å²) >= 11 is 5.86. The highest BCUT2D eigenvalue weighted by Crippen LogP contribution is 2.19. The van der Waals surface area contributed by atoms with Crippen molar-refractivity contribution in [2.24, 2.45) is 0 Å². The van der Waals surface area contributed by atoms with Gasteiger partial charge in [-0.05, 0) is 37.6 Å². The number of aromatic nitrogens is 2. The van der Waals surface area contributed by atoms with Crippen LogP contribution in [0, 0.1) is 13.8 Å². The van der Waals surface area contributed by atoms with E-state index in [2.05, 4.69) is 4.98 Å². The van der Waals surface area contributed by atoms with E-state index in [-0.39, 0.29) is 5.69 Å². The lowest BCUT2D eigenvalue weighted by atomic mass is 10.2. The first-order valence-corrected chi connectivity index (χ1v) is 5.94. The molecular weight excluding hydrogens is 250 g/mol. The molecular formula is C13H14ClN3O. The Morgan fingerprint density at radius 3 is 2.67 bits per heavy atom. The van der Waals surface area contributed by atoms with Crippen LogP contribution in [0.4, 0.5) is 5.69 Å². The highest BCUT2D eigenvalue weighted by atomic mass is 35.5. The number of nitrogens with two attached hydrogens (primary N) is 1. The molecule has 0 saturated heterocycles. The van der Waals surface area contributed by atoms with Crippen LogP contribution in [0.3, 0.4) is 0 Å². The number of hydrogen-bond donors (Lipinski definition) is 1. The summed E-state index contributed by atoms with van der Waals surface area (Å²) in [6.07, 6.45) is 0. The van der Waals surface area contributed by atoms with E-state index in [1.165, 1.54) is 0 Å². The highest BCUT2D eigenvalue weighted by molar-refractivity contribution is 6.33. The van der Waals surface area contributed by atoms with E-state index in [0.717, 1.165) is 17.0 Å². The summed E-state index contributed by atoms with van der Waals surface area (Å²) < 4.78 is 1.61. The number of hydrogen-bond acceptors (Lipinski definition) is 3. The van der Waals surface area contributed by atoms with E-state index in [4.69, 9.17) is 17.3 Å². The molecule has 0 saturated carbocycles. The molecule has 0 atom stereocenters. The molecule has 1 aromatic carbocycles. The monoisotopic (exact) mass is 263 g/mol. The van der Waals surface area contributed by atoms with Crippen LogP contribution in [0.25, 0.3) is 0 Å². The third kappa shape index (κ3) is 2.54. The molecule has 0 radical (unpaired) electrons. The minimum atomic E-state index is -0.249. The quantitative estimate of drug-likeness (QED) is 0.845. The summed E-state index contributed by atoms with van der Waals surface area (Å²) in [5, 5.41) is 0.518. The fourth-order valence-corrected chi connectivity index (χ4v) is 1.96. The molecule has 18 heavy (non-hydrogen) atoms. The lowest BCUT2D eigenvalue weighted by Gasteiger charge is -2.10. The fourth-order valence-electron chi connectivity index (χ4n) is 1.84. The number of nitrogens with zero attached hydrogens (tertiary/aromatic N) is 2. The number of halogens is 1. The SMILES string of the molecule is Cc1cc(C)n(Cc2ccc(Cl)c(N)c2)c(=O)n1. The van der Waals surface area contributed by atoms with Gasteiger partial charge in [0.05, 0.1) is 17.3 Å². The maximum absolute atomic E-state index is 11.8. The van der Waals surface area contributed by atoms with E-state index >= 15 is 0 Å². The number of aryl methyl sites for hydroxylation is 2. The molecule has 5 heteroatoms. The van der Waals surface area contributed by atoms with Crippen molar-refractivity contribution in [1.29, 1.82) is 0 Å². The van der Waals surface area contributed by atoms with Gasteiger partial charge in [0.1, 0.15) is 0 Å². The molecule has 1 heterocycles. The minimum absolute atomic E-state index is 0.249. The van der Waals surface area contributed by atoms with Gasteiger partial charge in [-0.25, -0.2) is 4.79 Å².